The van der Waals surface area contributed by atoms with E-state index in [4.69, 9.17) is 4.74 Å². The van der Waals surface area contributed by atoms with Gasteiger partial charge in [-0.1, -0.05) is 51.1 Å². The van der Waals surface area contributed by atoms with Crippen molar-refractivity contribution >= 4 is 5.91 Å². The van der Waals surface area contributed by atoms with Gasteiger partial charge in [0.1, 0.15) is 6.10 Å². The standard InChI is InChI=1S/C20H23FN2O2/c1-20(2,3)18-13-23(19(24)15-9-10-22-11-16(15)21)12-17(25-18)14-7-5-4-6-8-14/h4-11,17-18H,12-13H2,1-3H3/t17-,18+/m0/s1. The van der Waals surface area contributed by atoms with E-state index >= 15 is 0 Å². The van der Waals surface area contributed by atoms with Crippen LogP contribution >= 0.6 is 0 Å². The lowest BCUT2D eigenvalue weighted by atomic mass is 9.87. The molecule has 0 saturated carbocycles. The summed E-state index contributed by atoms with van der Waals surface area (Å²) < 4.78 is 20.3. The van der Waals surface area contributed by atoms with Crippen molar-refractivity contribution in [2.24, 2.45) is 5.41 Å². The maximum Gasteiger partial charge on any atom is 0.257 e. The van der Waals surface area contributed by atoms with Crippen molar-refractivity contribution in [1.29, 1.82) is 0 Å². The van der Waals surface area contributed by atoms with Crippen molar-refractivity contribution in [2.45, 2.75) is 33.0 Å². The van der Waals surface area contributed by atoms with Crippen LogP contribution in [0.3, 0.4) is 0 Å². The van der Waals surface area contributed by atoms with Gasteiger partial charge in [-0.05, 0) is 17.0 Å². The molecule has 0 N–H and O–H groups in total. The molecule has 1 aromatic carbocycles. The van der Waals surface area contributed by atoms with Crippen LogP contribution < -0.4 is 0 Å². The summed E-state index contributed by atoms with van der Waals surface area (Å²) >= 11 is 0. The van der Waals surface area contributed by atoms with E-state index in [2.05, 4.69) is 25.8 Å². The second kappa shape index (κ2) is 6.92. The fourth-order valence-electron chi connectivity index (χ4n) is 2.97. The Labute approximate surface area is 147 Å². The summed E-state index contributed by atoms with van der Waals surface area (Å²) in [7, 11) is 0. The molecule has 1 aliphatic rings. The molecule has 2 aromatic rings. The molecule has 4 nitrogen and oxygen atoms in total. The SMILES string of the molecule is CC(C)(C)[C@H]1CN(C(=O)c2ccncc2F)C[C@@H](c2ccccc2)O1. The highest BCUT2D eigenvalue weighted by Gasteiger charge is 2.38. The molecule has 132 valence electrons. The van der Waals surface area contributed by atoms with Gasteiger partial charge in [-0.3, -0.25) is 9.78 Å². The zero-order valence-electron chi connectivity index (χ0n) is 14.8. The molecule has 0 bridgehead atoms. The van der Waals surface area contributed by atoms with E-state index in [9.17, 15) is 9.18 Å². The van der Waals surface area contributed by atoms with E-state index in [1.54, 1.807) is 4.90 Å². The zero-order chi connectivity index (χ0) is 18.0. The normalized spacial score (nSPS) is 21.2. The molecule has 0 radical (unpaired) electrons. The number of pyridine rings is 1. The quantitative estimate of drug-likeness (QED) is 0.832. The highest BCUT2D eigenvalue weighted by Crippen LogP contribution is 2.34. The van der Waals surface area contributed by atoms with E-state index in [1.165, 1.54) is 12.3 Å². The average Bonchev–Trinajstić information content (AvgIpc) is 2.61. The van der Waals surface area contributed by atoms with Crippen molar-refractivity contribution in [3.05, 3.63) is 65.7 Å². The topological polar surface area (TPSA) is 42.4 Å². The first-order chi connectivity index (χ1) is 11.9. The van der Waals surface area contributed by atoms with Crippen LogP contribution in [0.5, 0.6) is 0 Å². The van der Waals surface area contributed by atoms with Crippen molar-refractivity contribution in [1.82, 2.24) is 9.88 Å². The van der Waals surface area contributed by atoms with E-state index in [0.29, 0.717) is 13.1 Å². The van der Waals surface area contributed by atoms with Crippen LogP contribution in [0.4, 0.5) is 4.39 Å². The van der Waals surface area contributed by atoms with E-state index in [0.717, 1.165) is 11.8 Å². The molecule has 1 fully saturated rings. The van der Waals surface area contributed by atoms with Gasteiger partial charge in [0.15, 0.2) is 5.82 Å². The van der Waals surface area contributed by atoms with E-state index < -0.39 is 5.82 Å². The Morgan fingerprint density at radius 3 is 2.56 bits per heavy atom. The highest BCUT2D eigenvalue weighted by molar-refractivity contribution is 5.94. The van der Waals surface area contributed by atoms with Crippen molar-refractivity contribution in [3.8, 4) is 0 Å². The molecule has 1 saturated heterocycles. The lowest BCUT2D eigenvalue weighted by Crippen LogP contribution is -2.51. The van der Waals surface area contributed by atoms with Gasteiger partial charge < -0.3 is 9.64 Å². The van der Waals surface area contributed by atoms with Gasteiger partial charge in [-0.25, -0.2) is 4.39 Å². The van der Waals surface area contributed by atoms with Crippen LogP contribution in [0.2, 0.25) is 0 Å². The largest absolute Gasteiger partial charge is 0.366 e. The maximum absolute atomic E-state index is 14.0. The lowest BCUT2D eigenvalue weighted by molar-refractivity contribution is -0.119. The van der Waals surface area contributed by atoms with Crippen LogP contribution in [0.15, 0.2) is 48.8 Å². The summed E-state index contributed by atoms with van der Waals surface area (Å²) in [5.41, 5.74) is 0.934. The molecule has 2 heterocycles. The number of morpholine rings is 1. The molecule has 2 atom stereocenters. The van der Waals surface area contributed by atoms with Crippen LogP contribution in [0, 0.1) is 11.2 Å². The van der Waals surface area contributed by atoms with E-state index in [-0.39, 0.29) is 29.1 Å². The van der Waals surface area contributed by atoms with Crippen LogP contribution in [0.1, 0.15) is 42.8 Å². The molecule has 5 heteroatoms. The number of hydrogen-bond acceptors (Lipinski definition) is 3. The Bertz CT molecular complexity index is 743. The molecule has 1 amide bonds. The monoisotopic (exact) mass is 342 g/mol. The Morgan fingerprint density at radius 2 is 1.92 bits per heavy atom. The number of hydrogen-bond donors (Lipinski definition) is 0. The predicted molar refractivity (Wildman–Crippen MR) is 93.6 cm³/mol. The Balaban J connectivity index is 1.90. The molecular formula is C20H23FN2O2. The molecule has 0 unspecified atom stereocenters. The minimum absolute atomic E-state index is 0.0522. The maximum atomic E-state index is 14.0. The third-order valence-electron chi connectivity index (χ3n) is 4.53. The second-order valence-corrected chi connectivity index (χ2v) is 7.46. The molecule has 3 rings (SSSR count). The average molecular weight is 342 g/mol. The van der Waals surface area contributed by atoms with Gasteiger partial charge in [-0.2, -0.15) is 0 Å². The minimum atomic E-state index is -0.595. The van der Waals surface area contributed by atoms with Crippen molar-refractivity contribution in [2.75, 3.05) is 13.1 Å². The Kier molecular flexibility index (Phi) is 4.86. The number of ether oxygens (including phenoxy) is 1. The number of carbonyl (C=O) groups is 1. The summed E-state index contributed by atoms with van der Waals surface area (Å²) in [5.74, 6) is -0.916. The summed E-state index contributed by atoms with van der Waals surface area (Å²) in [5, 5.41) is 0. The molecule has 0 spiro atoms. The zero-order valence-corrected chi connectivity index (χ0v) is 14.8. The number of halogens is 1. The minimum Gasteiger partial charge on any atom is -0.366 e. The van der Waals surface area contributed by atoms with Gasteiger partial charge in [0.05, 0.1) is 24.4 Å². The second-order valence-electron chi connectivity index (χ2n) is 7.46. The molecule has 1 aromatic heterocycles. The van der Waals surface area contributed by atoms with Gasteiger partial charge in [0.2, 0.25) is 0 Å². The first-order valence-corrected chi connectivity index (χ1v) is 8.45. The van der Waals surface area contributed by atoms with Crippen molar-refractivity contribution in [3.63, 3.8) is 0 Å². The first-order valence-electron chi connectivity index (χ1n) is 8.45. The van der Waals surface area contributed by atoms with Crippen LogP contribution in [-0.2, 0) is 4.74 Å². The summed E-state index contributed by atoms with van der Waals surface area (Å²) in [4.78, 5) is 18.3. The number of nitrogens with zero attached hydrogens (tertiary/aromatic N) is 2. The fourth-order valence-corrected chi connectivity index (χ4v) is 2.97. The smallest absolute Gasteiger partial charge is 0.257 e. The van der Waals surface area contributed by atoms with Crippen molar-refractivity contribution < 1.29 is 13.9 Å². The van der Waals surface area contributed by atoms with Gasteiger partial charge in [0.25, 0.3) is 5.91 Å². The molecular weight excluding hydrogens is 319 g/mol. The molecule has 0 aliphatic carbocycles. The van der Waals surface area contributed by atoms with Gasteiger partial charge >= 0.3 is 0 Å². The lowest BCUT2D eigenvalue weighted by Gasteiger charge is -2.43. The van der Waals surface area contributed by atoms with E-state index in [1.807, 2.05) is 30.3 Å². The first kappa shape index (κ1) is 17.5. The molecule has 25 heavy (non-hydrogen) atoms. The number of carbonyl (C=O) groups excluding carboxylic acids is 1. The molecule has 1 aliphatic heterocycles. The number of aromatic nitrogens is 1. The number of amides is 1. The van der Waals surface area contributed by atoms with Crippen LogP contribution in [-0.4, -0.2) is 35.0 Å². The van der Waals surface area contributed by atoms with Crippen LogP contribution in [0.25, 0.3) is 0 Å². The van der Waals surface area contributed by atoms with Gasteiger partial charge in [-0.15, -0.1) is 0 Å². The third kappa shape index (κ3) is 3.87. The number of rotatable bonds is 2. The highest BCUT2D eigenvalue weighted by atomic mass is 19.1. The predicted octanol–water partition coefficient (Wildman–Crippen LogP) is 3.85. The Hall–Kier alpha value is -2.27. The summed E-state index contributed by atoms with van der Waals surface area (Å²) in [6.07, 6.45) is 2.14. The number of benzene rings is 1. The fraction of sp³-hybridized carbons (Fsp3) is 0.400. The third-order valence-corrected chi connectivity index (χ3v) is 4.53. The summed E-state index contributed by atoms with van der Waals surface area (Å²) in [6, 6.07) is 11.3. The summed E-state index contributed by atoms with van der Waals surface area (Å²) in [6.45, 7) is 7.09. The Morgan fingerprint density at radius 1 is 1.20 bits per heavy atom. The van der Waals surface area contributed by atoms with Gasteiger partial charge in [0, 0.05) is 12.7 Å².